The van der Waals surface area contributed by atoms with Crippen molar-refractivity contribution in [2.24, 2.45) is 5.41 Å². The van der Waals surface area contributed by atoms with Gasteiger partial charge in [0.25, 0.3) is 0 Å². The number of amides is 1. The largest absolute Gasteiger partial charge is 0.480 e. The van der Waals surface area contributed by atoms with E-state index in [1.54, 1.807) is 0 Å². The van der Waals surface area contributed by atoms with Crippen LogP contribution in [0.2, 0.25) is 0 Å². The van der Waals surface area contributed by atoms with Crippen LogP contribution in [0.1, 0.15) is 12.8 Å². The molecule has 3 N–H and O–H groups in total. The lowest BCUT2D eigenvalue weighted by Crippen LogP contribution is -2.53. The summed E-state index contributed by atoms with van der Waals surface area (Å²) in [6.07, 6.45) is 0.991. The first kappa shape index (κ1) is 16.4. The first-order valence-electron chi connectivity index (χ1n) is 6.34. The molecule has 0 bridgehead atoms. The smallest absolute Gasteiger partial charge is 0.323 e. The second-order valence-corrected chi connectivity index (χ2v) is 4.91. The van der Waals surface area contributed by atoms with Gasteiger partial charge in [-0.05, 0) is 25.9 Å². The summed E-state index contributed by atoms with van der Waals surface area (Å²) in [7, 11) is 1.47. The Morgan fingerprint density at radius 3 is 2.05 bits per heavy atom. The predicted molar refractivity (Wildman–Crippen MR) is 68.3 cm³/mol. The molecule has 114 valence electrons. The molecule has 20 heavy (non-hydrogen) atoms. The molecule has 1 heterocycles. The molecular formula is C12H20N2O6. The molecule has 1 amide bonds. The molecule has 0 aromatic rings. The summed E-state index contributed by atoms with van der Waals surface area (Å²) in [5.41, 5.74) is -0.842. The molecular weight excluding hydrogens is 268 g/mol. The average molecular weight is 288 g/mol. The molecule has 0 aromatic heterocycles. The molecule has 0 aliphatic carbocycles. The third-order valence-electron chi connectivity index (χ3n) is 3.37. The zero-order chi connectivity index (χ0) is 15.2. The van der Waals surface area contributed by atoms with Gasteiger partial charge in [-0.25, -0.2) is 0 Å². The van der Waals surface area contributed by atoms with Crippen LogP contribution in [0.5, 0.6) is 0 Å². The van der Waals surface area contributed by atoms with Gasteiger partial charge in [-0.1, -0.05) is 0 Å². The van der Waals surface area contributed by atoms with Crippen LogP contribution in [0.4, 0.5) is 0 Å². The Kier molecular flexibility index (Phi) is 5.90. The Bertz CT molecular complexity index is 357. The number of hydrogen-bond donors (Lipinski definition) is 3. The van der Waals surface area contributed by atoms with Gasteiger partial charge in [0.05, 0.1) is 12.0 Å². The van der Waals surface area contributed by atoms with Gasteiger partial charge in [0.1, 0.15) is 13.1 Å². The van der Waals surface area contributed by atoms with E-state index >= 15 is 0 Å². The number of piperidine rings is 1. The van der Waals surface area contributed by atoms with E-state index in [0.29, 0.717) is 25.9 Å². The van der Waals surface area contributed by atoms with Crippen molar-refractivity contribution in [2.45, 2.75) is 12.8 Å². The van der Waals surface area contributed by atoms with Gasteiger partial charge in [-0.2, -0.15) is 0 Å². The minimum atomic E-state index is -1.24. The molecule has 0 radical (unpaired) electrons. The summed E-state index contributed by atoms with van der Waals surface area (Å²) in [5, 5.41) is 20.8. The Hall–Kier alpha value is -1.67. The highest BCUT2D eigenvalue weighted by Gasteiger charge is 2.43. The Morgan fingerprint density at radius 1 is 1.15 bits per heavy atom. The zero-order valence-electron chi connectivity index (χ0n) is 11.4. The standard InChI is InChI=1S/C12H20N2O6/c1-20-8-12(2-4-13-5-3-12)11(19)14(6-9(15)16)7-10(17)18/h13H,2-8H2,1H3,(H,15,16)(H,17,18). The molecule has 1 saturated heterocycles. The summed E-state index contributed by atoms with van der Waals surface area (Å²) in [6, 6.07) is 0. The SMILES string of the molecule is COCC1(C(=O)N(CC(=O)O)CC(=O)O)CCNCC1. The van der Waals surface area contributed by atoms with Crippen LogP contribution in [0, 0.1) is 5.41 Å². The summed E-state index contributed by atoms with van der Waals surface area (Å²) in [4.78, 5) is 35.1. The van der Waals surface area contributed by atoms with E-state index in [1.165, 1.54) is 7.11 Å². The molecule has 8 nitrogen and oxygen atoms in total. The molecule has 0 atom stereocenters. The van der Waals surface area contributed by atoms with Gasteiger partial charge < -0.3 is 25.2 Å². The number of carboxylic acid groups (broad SMARTS) is 2. The minimum Gasteiger partial charge on any atom is -0.480 e. The second kappa shape index (κ2) is 7.20. The van der Waals surface area contributed by atoms with Crippen LogP contribution in [0.15, 0.2) is 0 Å². The number of hydrogen-bond acceptors (Lipinski definition) is 5. The Balaban J connectivity index is 2.92. The fraction of sp³-hybridized carbons (Fsp3) is 0.750. The Morgan fingerprint density at radius 2 is 1.65 bits per heavy atom. The van der Waals surface area contributed by atoms with Gasteiger partial charge >= 0.3 is 11.9 Å². The van der Waals surface area contributed by atoms with E-state index in [0.717, 1.165) is 4.90 Å². The molecule has 1 fully saturated rings. The average Bonchev–Trinajstić information content (AvgIpc) is 2.37. The number of ether oxygens (including phenoxy) is 1. The van der Waals surface area contributed by atoms with Crippen molar-refractivity contribution < 1.29 is 29.3 Å². The van der Waals surface area contributed by atoms with E-state index in [2.05, 4.69) is 5.32 Å². The van der Waals surface area contributed by atoms with Crippen LogP contribution in [0.3, 0.4) is 0 Å². The second-order valence-electron chi connectivity index (χ2n) is 4.91. The van der Waals surface area contributed by atoms with Crippen LogP contribution >= 0.6 is 0 Å². The van der Waals surface area contributed by atoms with Crippen molar-refractivity contribution in [2.75, 3.05) is 39.9 Å². The van der Waals surface area contributed by atoms with Crippen molar-refractivity contribution in [1.29, 1.82) is 0 Å². The van der Waals surface area contributed by atoms with Crippen LogP contribution < -0.4 is 5.32 Å². The highest BCUT2D eigenvalue weighted by atomic mass is 16.5. The maximum Gasteiger partial charge on any atom is 0.323 e. The van der Waals surface area contributed by atoms with Crippen molar-refractivity contribution in [1.82, 2.24) is 10.2 Å². The number of nitrogens with zero attached hydrogens (tertiary/aromatic N) is 1. The van der Waals surface area contributed by atoms with Crippen LogP contribution in [-0.4, -0.2) is 72.9 Å². The summed E-state index contributed by atoms with van der Waals surface area (Å²) >= 11 is 0. The molecule has 0 unspecified atom stereocenters. The van der Waals surface area contributed by atoms with Gasteiger partial charge in [-0.3, -0.25) is 14.4 Å². The lowest BCUT2D eigenvalue weighted by molar-refractivity contribution is -0.157. The topological polar surface area (TPSA) is 116 Å². The number of rotatable bonds is 7. The first-order valence-corrected chi connectivity index (χ1v) is 6.34. The molecule has 8 heteroatoms. The summed E-state index contributed by atoms with van der Waals surface area (Å²) in [5.74, 6) is -2.94. The predicted octanol–water partition coefficient (Wildman–Crippen LogP) is -1.000. The zero-order valence-corrected chi connectivity index (χ0v) is 11.4. The summed E-state index contributed by atoms with van der Waals surface area (Å²) < 4.78 is 5.10. The molecule has 0 spiro atoms. The van der Waals surface area contributed by atoms with E-state index in [9.17, 15) is 14.4 Å². The maximum atomic E-state index is 12.6. The maximum absolute atomic E-state index is 12.6. The number of carbonyl (C=O) groups excluding carboxylic acids is 1. The van der Waals surface area contributed by atoms with Crippen LogP contribution in [-0.2, 0) is 19.1 Å². The molecule has 1 aliphatic heterocycles. The van der Waals surface area contributed by atoms with Crippen molar-refractivity contribution in [3.8, 4) is 0 Å². The fourth-order valence-electron chi connectivity index (χ4n) is 2.46. The normalized spacial score (nSPS) is 17.4. The lowest BCUT2D eigenvalue weighted by Gasteiger charge is -2.38. The monoisotopic (exact) mass is 288 g/mol. The molecule has 0 saturated carbocycles. The molecule has 1 aliphatic rings. The number of carbonyl (C=O) groups is 3. The molecule has 0 aromatic carbocycles. The van der Waals surface area contributed by atoms with Gasteiger partial charge in [0, 0.05) is 7.11 Å². The van der Waals surface area contributed by atoms with Gasteiger partial charge in [-0.15, -0.1) is 0 Å². The molecule has 1 rings (SSSR count). The number of methoxy groups -OCH3 is 1. The lowest BCUT2D eigenvalue weighted by atomic mass is 9.78. The van der Waals surface area contributed by atoms with Crippen LogP contribution in [0.25, 0.3) is 0 Å². The van der Waals surface area contributed by atoms with E-state index in [1.807, 2.05) is 0 Å². The highest BCUT2D eigenvalue weighted by molar-refractivity contribution is 5.89. The minimum absolute atomic E-state index is 0.156. The highest BCUT2D eigenvalue weighted by Crippen LogP contribution is 2.31. The van der Waals surface area contributed by atoms with Gasteiger partial charge in [0.2, 0.25) is 5.91 Å². The third-order valence-corrected chi connectivity index (χ3v) is 3.37. The quantitative estimate of drug-likeness (QED) is 0.550. The van der Waals surface area contributed by atoms with E-state index in [4.69, 9.17) is 14.9 Å². The Labute approximate surface area is 116 Å². The van der Waals surface area contributed by atoms with Gasteiger partial charge in [0.15, 0.2) is 0 Å². The number of carboxylic acids is 2. The number of nitrogens with one attached hydrogen (secondary N) is 1. The summed E-state index contributed by atoms with van der Waals surface area (Å²) in [6.45, 7) is 0.142. The van der Waals surface area contributed by atoms with Crippen molar-refractivity contribution >= 4 is 17.8 Å². The fourth-order valence-corrected chi connectivity index (χ4v) is 2.46. The van der Waals surface area contributed by atoms with E-state index < -0.39 is 36.4 Å². The van der Waals surface area contributed by atoms with Crippen molar-refractivity contribution in [3.05, 3.63) is 0 Å². The van der Waals surface area contributed by atoms with E-state index in [-0.39, 0.29) is 6.61 Å². The number of aliphatic carboxylic acids is 2. The first-order chi connectivity index (χ1) is 9.41. The van der Waals surface area contributed by atoms with Crippen molar-refractivity contribution in [3.63, 3.8) is 0 Å². The third kappa shape index (κ3) is 4.17.